The Kier molecular flexibility index (Phi) is 7.16. The number of esters is 1. The largest absolute Gasteiger partial charge is 0.504 e. The molecule has 1 atom stereocenters. The van der Waals surface area contributed by atoms with E-state index in [4.69, 9.17) is 18.9 Å². The molecule has 0 amide bonds. The Bertz CT molecular complexity index is 1530. The topological polar surface area (TPSA) is 109 Å². The Hall–Kier alpha value is -4.05. The third-order valence-corrected chi connectivity index (χ3v) is 6.74. The minimum atomic E-state index is -0.822. The number of carbonyl (C=O) groups excluding carboxylic acids is 1. The van der Waals surface area contributed by atoms with Gasteiger partial charge in [0.1, 0.15) is 17.5 Å². The minimum absolute atomic E-state index is 0.00239. The molecule has 0 aliphatic carbocycles. The van der Waals surface area contributed by atoms with Gasteiger partial charge in [-0.15, -0.1) is 0 Å². The normalized spacial score (nSPS) is 15.2. The third kappa shape index (κ3) is 4.47. The van der Waals surface area contributed by atoms with Crippen LogP contribution in [0.2, 0.25) is 0 Å². The standard InChI is InChI=1S/C26H26N2O7S/c1-6-35-25(31)22-14(2)27-26-28(23(22)17-9-8-16(32-3)13-19(17)33-4)24(30)21(36-26)12-15-7-10-18(29)20(11-15)34-5/h7-13,23,29H,6H2,1-5H3/t23-/m1/s1. The van der Waals surface area contributed by atoms with Gasteiger partial charge in [-0.2, -0.15) is 0 Å². The fourth-order valence-electron chi connectivity index (χ4n) is 4.07. The van der Waals surface area contributed by atoms with Gasteiger partial charge >= 0.3 is 5.97 Å². The summed E-state index contributed by atoms with van der Waals surface area (Å²) in [5, 5.41) is 9.90. The molecule has 9 nitrogen and oxygen atoms in total. The van der Waals surface area contributed by atoms with Gasteiger partial charge < -0.3 is 24.1 Å². The van der Waals surface area contributed by atoms with Gasteiger partial charge in [0.15, 0.2) is 16.3 Å². The first-order valence-electron chi connectivity index (χ1n) is 11.1. The summed E-state index contributed by atoms with van der Waals surface area (Å²) in [6.45, 7) is 3.62. The van der Waals surface area contributed by atoms with Gasteiger partial charge in [0, 0.05) is 11.6 Å². The maximum atomic E-state index is 13.7. The van der Waals surface area contributed by atoms with Crippen molar-refractivity contribution in [2.45, 2.75) is 19.9 Å². The molecule has 1 aliphatic heterocycles. The number of aromatic hydroxyl groups is 1. The lowest BCUT2D eigenvalue weighted by Gasteiger charge is -2.26. The van der Waals surface area contributed by atoms with Crippen LogP contribution in [0.4, 0.5) is 0 Å². The van der Waals surface area contributed by atoms with Crippen molar-refractivity contribution < 1.29 is 28.8 Å². The maximum Gasteiger partial charge on any atom is 0.338 e. The van der Waals surface area contributed by atoms with E-state index in [1.54, 1.807) is 57.4 Å². The Labute approximate surface area is 211 Å². The molecule has 1 aromatic heterocycles. The molecular weight excluding hydrogens is 484 g/mol. The molecule has 0 saturated carbocycles. The zero-order valence-electron chi connectivity index (χ0n) is 20.5. The van der Waals surface area contributed by atoms with Crippen LogP contribution in [-0.4, -0.2) is 43.6 Å². The van der Waals surface area contributed by atoms with Gasteiger partial charge in [-0.05, 0) is 49.8 Å². The second-order valence-electron chi connectivity index (χ2n) is 7.84. The van der Waals surface area contributed by atoms with Gasteiger partial charge in [0.2, 0.25) is 0 Å². The Morgan fingerprint density at radius 2 is 1.86 bits per heavy atom. The smallest absolute Gasteiger partial charge is 0.338 e. The van der Waals surface area contributed by atoms with Crippen molar-refractivity contribution in [3.05, 3.63) is 78.5 Å². The number of phenols is 1. The second kappa shape index (κ2) is 10.3. The summed E-state index contributed by atoms with van der Waals surface area (Å²) in [6.07, 6.45) is 1.69. The highest BCUT2D eigenvalue weighted by Gasteiger charge is 2.35. The highest BCUT2D eigenvalue weighted by atomic mass is 32.1. The van der Waals surface area contributed by atoms with E-state index in [2.05, 4.69) is 4.99 Å². The van der Waals surface area contributed by atoms with Crippen molar-refractivity contribution in [2.24, 2.45) is 4.99 Å². The predicted molar refractivity (Wildman–Crippen MR) is 135 cm³/mol. The highest BCUT2D eigenvalue weighted by Crippen LogP contribution is 2.37. The summed E-state index contributed by atoms with van der Waals surface area (Å²) in [4.78, 5) is 31.8. The van der Waals surface area contributed by atoms with E-state index >= 15 is 0 Å². The molecule has 0 saturated heterocycles. The van der Waals surface area contributed by atoms with Crippen LogP contribution < -0.4 is 29.1 Å². The molecule has 4 rings (SSSR count). The fourth-order valence-corrected chi connectivity index (χ4v) is 5.11. The second-order valence-corrected chi connectivity index (χ2v) is 8.85. The summed E-state index contributed by atoms with van der Waals surface area (Å²) >= 11 is 1.20. The van der Waals surface area contributed by atoms with Gasteiger partial charge in [0.25, 0.3) is 5.56 Å². The zero-order chi connectivity index (χ0) is 26.0. The summed E-state index contributed by atoms with van der Waals surface area (Å²) < 4.78 is 23.3. The van der Waals surface area contributed by atoms with Gasteiger partial charge in [-0.25, -0.2) is 9.79 Å². The van der Waals surface area contributed by atoms with Crippen LogP contribution in [0.1, 0.15) is 31.0 Å². The summed E-state index contributed by atoms with van der Waals surface area (Å²) in [6, 6.07) is 9.19. The van der Waals surface area contributed by atoms with Crippen LogP contribution >= 0.6 is 11.3 Å². The molecule has 10 heteroatoms. The molecule has 0 spiro atoms. The Morgan fingerprint density at radius 1 is 1.11 bits per heavy atom. The number of nitrogens with zero attached hydrogens (tertiary/aromatic N) is 2. The SMILES string of the molecule is CCOC(=O)C1=C(C)N=c2sc(=Cc3ccc(O)c(OC)c3)c(=O)n2[C@@H]1c1ccc(OC)cc1OC. The van der Waals surface area contributed by atoms with Crippen molar-refractivity contribution in [1.82, 2.24) is 4.57 Å². The molecule has 3 aromatic rings. The summed E-state index contributed by atoms with van der Waals surface area (Å²) in [5.74, 6) is 0.755. The van der Waals surface area contributed by atoms with E-state index in [0.29, 0.717) is 37.7 Å². The van der Waals surface area contributed by atoms with Crippen LogP contribution in [0.15, 0.2) is 57.5 Å². The number of methoxy groups -OCH3 is 3. The summed E-state index contributed by atoms with van der Waals surface area (Å²) in [7, 11) is 4.51. The van der Waals surface area contributed by atoms with Crippen molar-refractivity contribution in [1.29, 1.82) is 0 Å². The van der Waals surface area contributed by atoms with Crippen molar-refractivity contribution in [3.63, 3.8) is 0 Å². The minimum Gasteiger partial charge on any atom is -0.504 e. The van der Waals surface area contributed by atoms with Crippen molar-refractivity contribution in [3.8, 4) is 23.0 Å². The lowest BCUT2D eigenvalue weighted by Crippen LogP contribution is -2.40. The predicted octanol–water partition coefficient (Wildman–Crippen LogP) is 2.53. The number of aromatic nitrogens is 1. The number of allylic oxidation sites excluding steroid dienone is 1. The number of ether oxygens (including phenoxy) is 4. The van der Waals surface area contributed by atoms with E-state index in [1.807, 2.05) is 0 Å². The Morgan fingerprint density at radius 3 is 2.53 bits per heavy atom. The molecule has 188 valence electrons. The molecule has 2 aromatic carbocycles. The number of phenolic OH excluding ortho intramolecular Hbond substituents is 1. The number of carbonyl (C=O) groups is 1. The monoisotopic (exact) mass is 510 g/mol. The first-order valence-corrected chi connectivity index (χ1v) is 11.9. The molecule has 0 fully saturated rings. The fraction of sp³-hybridized carbons (Fsp3) is 0.269. The molecule has 1 N–H and O–H groups in total. The number of rotatable bonds is 7. The molecular formula is C26H26N2O7S. The van der Waals surface area contributed by atoms with Crippen LogP contribution in [0.3, 0.4) is 0 Å². The van der Waals surface area contributed by atoms with E-state index in [0.717, 1.165) is 0 Å². The van der Waals surface area contributed by atoms with E-state index in [1.165, 1.54) is 36.2 Å². The molecule has 0 bridgehead atoms. The van der Waals surface area contributed by atoms with Gasteiger partial charge in [-0.1, -0.05) is 17.4 Å². The summed E-state index contributed by atoms with van der Waals surface area (Å²) in [5.41, 5.74) is 1.63. The number of hydrogen-bond donors (Lipinski definition) is 1. The van der Waals surface area contributed by atoms with E-state index < -0.39 is 12.0 Å². The van der Waals surface area contributed by atoms with E-state index in [9.17, 15) is 14.7 Å². The van der Waals surface area contributed by atoms with E-state index in [-0.39, 0.29) is 29.2 Å². The lowest BCUT2D eigenvalue weighted by atomic mass is 9.95. The molecule has 0 unspecified atom stereocenters. The number of hydrogen-bond acceptors (Lipinski definition) is 9. The van der Waals surface area contributed by atoms with Crippen molar-refractivity contribution in [2.75, 3.05) is 27.9 Å². The number of thiazole rings is 1. The van der Waals surface area contributed by atoms with Crippen LogP contribution in [0, 0.1) is 0 Å². The Balaban J connectivity index is 1.98. The van der Waals surface area contributed by atoms with Gasteiger partial charge in [0.05, 0.1) is 43.7 Å². The first kappa shape index (κ1) is 25.1. The average molecular weight is 511 g/mol. The number of benzene rings is 2. The zero-order valence-corrected chi connectivity index (χ0v) is 21.3. The van der Waals surface area contributed by atoms with Gasteiger partial charge in [-0.3, -0.25) is 9.36 Å². The first-order chi connectivity index (χ1) is 17.3. The highest BCUT2D eigenvalue weighted by molar-refractivity contribution is 7.07. The van der Waals surface area contributed by atoms with Crippen LogP contribution in [0.25, 0.3) is 6.08 Å². The average Bonchev–Trinajstić information content (AvgIpc) is 3.18. The quantitative estimate of drug-likeness (QED) is 0.487. The molecule has 36 heavy (non-hydrogen) atoms. The van der Waals surface area contributed by atoms with Crippen LogP contribution in [-0.2, 0) is 9.53 Å². The van der Waals surface area contributed by atoms with Crippen LogP contribution in [0.5, 0.6) is 23.0 Å². The molecule has 1 aliphatic rings. The molecule has 2 heterocycles. The lowest BCUT2D eigenvalue weighted by molar-refractivity contribution is -0.139. The maximum absolute atomic E-state index is 13.7. The molecule has 0 radical (unpaired) electrons. The number of fused-ring (bicyclic) bond motifs is 1. The third-order valence-electron chi connectivity index (χ3n) is 5.75. The van der Waals surface area contributed by atoms with Crippen molar-refractivity contribution >= 4 is 23.4 Å².